The topological polar surface area (TPSA) is 36.4 Å². The predicted octanol–water partition coefficient (Wildman–Crippen LogP) is 2.60. The highest BCUT2D eigenvalue weighted by molar-refractivity contribution is 7.18. The van der Waals surface area contributed by atoms with Gasteiger partial charge in [-0.1, -0.05) is 12.1 Å². The van der Waals surface area contributed by atoms with Crippen molar-refractivity contribution in [3.63, 3.8) is 0 Å². The summed E-state index contributed by atoms with van der Waals surface area (Å²) in [7, 11) is 1.97. The Morgan fingerprint density at radius 2 is 1.95 bits per heavy atom. The van der Waals surface area contributed by atoms with Gasteiger partial charge in [0.05, 0.1) is 23.3 Å². The molecule has 0 unspecified atom stereocenters. The third kappa shape index (κ3) is 3.55. The predicted molar refractivity (Wildman–Crippen MR) is 83.9 cm³/mol. The number of nitrogens with zero attached hydrogens (tertiary/aromatic N) is 3. The fraction of sp³-hybridized carbons (Fsp3) is 0.467. The molecule has 0 fully saturated rings. The highest BCUT2D eigenvalue weighted by atomic mass is 32.1. The molecule has 0 spiro atoms. The Bertz CT molecular complexity index is 544. The van der Waals surface area contributed by atoms with E-state index in [-0.39, 0.29) is 5.91 Å². The summed E-state index contributed by atoms with van der Waals surface area (Å²) in [5.74, 6) is 0.179. The Morgan fingerprint density at radius 1 is 1.25 bits per heavy atom. The molecule has 0 saturated heterocycles. The van der Waals surface area contributed by atoms with Gasteiger partial charge in [0.15, 0.2) is 0 Å². The number of benzene rings is 1. The number of fused-ring (bicyclic) bond motifs is 1. The van der Waals surface area contributed by atoms with Gasteiger partial charge in [0.1, 0.15) is 5.01 Å². The molecule has 0 atom stereocenters. The average molecular weight is 291 g/mol. The van der Waals surface area contributed by atoms with Crippen LogP contribution in [0.5, 0.6) is 0 Å². The van der Waals surface area contributed by atoms with Crippen molar-refractivity contribution in [2.75, 3.05) is 26.7 Å². The molecule has 2 aromatic rings. The molecule has 0 aliphatic heterocycles. The second kappa shape index (κ2) is 6.81. The normalized spacial score (nSPS) is 11.2. The van der Waals surface area contributed by atoms with Crippen LogP contribution in [0.15, 0.2) is 24.3 Å². The number of thiazole rings is 1. The number of hydrogen-bond donors (Lipinski definition) is 0. The SMILES string of the molecule is CCN(CC)C(=O)CN(C)Cc1nc2ccccc2s1. The van der Waals surface area contributed by atoms with Crippen molar-refractivity contribution in [2.45, 2.75) is 20.4 Å². The Kier molecular flexibility index (Phi) is 5.09. The second-order valence-corrected chi connectivity index (χ2v) is 5.93. The molecule has 1 aromatic carbocycles. The van der Waals surface area contributed by atoms with Gasteiger partial charge in [-0.05, 0) is 33.0 Å². The number of likely N-dealkylation sites (N-methyl/N-ethyl adjacent to an activating group) is 2. The van der Waals surface area contributed by atoms with E-state index < -0.39 is 0 Å². The third-order valence-electron chi connectivity index (χ3n) is 3.26. The molecule has 108 valence electrons. The molecule has 0 aliphatic rings. The van der Waals surface area contributed by atoms with Crippen LogP contribution in [0.25, 0.3) is 10.2 Å². The van der Waals surface area contributed by atoms with Crippen molar-refractivity contribution >= 4 is 27.5 Å². The first kappa shape index (κ1) is 14.9. The van der Waals surface area contributed by atoms with E-state index in [9.17, 15) is 4.79 Å². The van der Waals surface area contributed by atoms with Gasteiger partial charge in [-0.15, -0.1) is 11.3 Å². The molecule has 0 N–H and O–H groups in total. The maximum Gasteiger partial charge on any atom is 0.236 e. The zero-order chi connectivity index (χ0) is 14.5. The van der Waals surface area contributed by atoms with E-state index in [0.29, 0.717) is 13.1 Å². The summed E-state index contributed by atoms with van der Waals surface area (Å²) in [5.41, 5.74) is 1.04. The van der Waals surface area contributed by atoms with Crippen LogP contribution in [0, 0.1) is 0 Å². The first-order valence-corrected chi connectivity index (χ1v) is 7.76. The van der Waals surface area contributed by atoms with Crippen molar-refractivity contribution in [1.29, 1.82) is 0 Å². The van der Waals surface area contributed by atoms with Crippen LogP contribution in [0.2, 0.25) is 0 Å². The largest absolute Gasteiger partial charge is 0.342 e. The summed E-state index contributed by atoms with van der Waals surface area (Å²) in [5, 5.41) is 1.06. The monoisotopic (exact) mass is 291 g/mol. The zero-order valence-electron chi connectivity index (χ0n) is 12.3. The minimum atomic E-state index is 0.179. The van der Waals surface area contributed by atoms with Gasteiger partial charge < -0.3 is 4.90 Å². The summed E-state index contributed by atoms with van der Waals surface area (Å²) in [6.07, 6.45) is 0. The molecule has 0 radical (unpaired) electrons. The van der Waals surface area contributed by atoms with Gasteiger partial charge in [-0.2, -0.15) is 0 Å². The molecule has 0 bridgehead atoms. The van der Waals surface area contributed by atoms with Crippen LogP contribution in [0.3, 0.4) is 0 Å². The lowest BCUT2D eigenvalue weighted by atomic mass is 10.3. The van der Waals surface area contributed by atoms with Crippen molar-refractivity contribution in [1.82, 2.24) is 14.8 Å². The van der Waals surface area contributed by atoms with Gasteiger partial charge in [-0.25, -0.2) is 4.98 Å². The lowest BCUT2D eigenvalue weighted by molar-refractivity contribution is -0.131. The molecule has 0 aliphatic carbocycles. The first-order valence-electron chi connectivity index (χ1n) is 6.94. The second-order valence-electron chi connectivity index (χ2n) is 4.81. The summed E-state index contributed by atoms with van der Waals surface area (Å²) in [4.78, 5) is 20.5. The fourth-order valence-electron chi connectivity index (χ4n) is 2.18. The highest BCUT2D eigenvalue weighted by Gasteiger charge is 2.13. The van der Waals surface area contributed by atoms with Crippen molar-refractivity contribution in [3.05, 3.63) is 29.3 Å². The molecule has 1 heterocycles. The molecule has 1 amide bonds. The third-order valence-corrected chi connectivity index (χ3v) is 4.29. The number of carbonyl (C=O) groups is 1. The van der Waals surface area contributed by atoms with Crippen LogP contribution < -0.4 is 0 Å². The van der Waals surface area contributed by atoms with Crippen molar-refractivity contribution in [2.24, 2.45) is 0 Å². The van der Waals surface area contributed by atoms with Crippen LogP contribution in [-0.2, 0) is 11.3 Å². The van der Waals surface area contributed by atoms with Gasteiger partial charge in [0.2, 0.25) is 5.91 Å². The van der Waals surface area contributed by atoms with E-state index in [4.69, 9.17) is 0 Å². The highest BCUT2D eigenvalue weighted by Crippen LogP contribution is 2.22. The van der Waals surface area contributed by atoms with Gasteiger partial charge >= 0.3 is 0 Å². The minimum Gasteiger partial charge on any atom is -0.342 e. The van der Waals surface area contributed by atoms with Crippen LogP contribution >= 0.6 is 11.3 Å². The van der Waals surface area contributed by atoms with E-state index in [1.165, 1.54) is 4.70 Å². The quantitative estimate of drug-likeness (QED) is 0.821. The molecule has 4 nitrogen and oxygen atoms in total. The molecule has 20 heavy (non-hydrogen) atoms. The summed E-state index contributed by atoms with van der Waals surface area (Å²) in [6.45, 7) is 6.71. The van der Waals surface area contributed by atoms with E-state index in [1.54, 1.807) is 11.3 Å². The van der Waals surface area contributed by atoms with E-state index in [0.717, 1.165) is 23.6 Å². The number of hydrogen-bond acceptors (Lipinski definition) is 4. The van der Waals surface area contributed by atoms with Gasteiger partial charge in [0, 0.05) is 13.1 Å². The smallest absolute Gasteiger partial charge is 0.236 e. The fourth-order valence-corrected chi connectivity index (χ4v) is 3.23. The lowest BCUT2D eigenvalue weighted by Gasteiger charge is -2.22. The molecule has 1 aromatic heterocycles. The lowest BCUT2D eigenvalue weighted by Crippen LogP contribution is -2.38. The summed E-state index contributed by atoms with van der Waals surface area (Å²) >= 11 is 1.69. The van der Waals surface area contributed by atoms with Crippen molar-refractivity contribution in [3.8, 4) is 0 Å². The minimum absolute atomic E-state index is 0.179. The molecular formula is C15H21N3OS. The molecular weight excluding hydrogens is 270 g/mol. The summed E-state index contributed by atoms with van der Waals surface area (Å²) < 4.78 is 1.20. The van der Waals surface area contributed by atoms with E-state index in [1.807, 2.05) is 48.9 Å². The van der Waals surface area contributed by atoms with E-state index in [2.05, 4.69) is 11.1 Å². The maximum absolute atomic E-state index is 12.0. The zero-order valence-corrected chi connectivity index (χ0v) is 13.1. The Labute approximate surface area is 124 Å². The number of aromatic nitrogens is 1. The first-order chi connectivity index (χ1) is 9.63. The maximum atomic E-state index is 12.0. The molecule has 5 heteroatoms. The van der Waals surface area contributed by atoms with E-state index >= 15 is 0 Å². The Morgan fingerprint density at radius 3 is 2.60 bits per heavy atom. The summed E-state index contributed by atoms with van der Waals surface area (Å²) in [6, 6.07) is 8.13. The van der Waals surface area contributed by atoms with Gasteiger partial charge in [0.25, 0.3) is 0 Å². The molecule has 2 rings (SSSR count). The van der Waals surface area contributed by atoms with Gasteiger partial charge in [-0.3, -0.25) is 9.69 Å². The Balaban J connectivity index is 1.97. The standard InChI is InChI=1S/C15H21N3OS/c1-4-18(5-2)15(19)11-17(3)10-14-16-12-8-6-7-9-13(12)20-14/h6-9H,4-5,10-11H2,1-3H3. The van der Waals surface area contributed by atoms with Crippen LogP contribution in [0.1, 0.15) is 18.9 Å². The average Bonchev–Trinajstić information content (AvgIpc) is 2.81. The number of rotatable bonds is 6. The number of carbonyl (C=O) groups excluding carboxylic acids is 1. The van der Waals surface area contributed by atoms with Crippen LogP contribution in [-0.4, -0.2) is 47.4 Å². The van der Waals surface area contributed by atoms with Crippen molar-refractivity contribution < 1.29 is 4.79 Å². The Hall–Kier alpha value is -1.46. The number of para-hydroxylation sites is 1. The molecule has 0 saturated carbocycles. The van der Waals surface area contributed by atoms with Crippen LogP contribution in [0.4, 0.5) is 0 Å². The number of amides is 1.